The Labute approximate surface area is 175 Å². The Kier molecular flexibility index (Phi) is 5.52. The third-order valence-electron chi connectivity index (χ3n) is 4.84. The fourth-order valence-electron chi connectivity index (χ4n) is 3.39. The van der Waals surface area contributed by atoms with Crippen molar-refractivity contribution >= 4 is 22.0 Å². The second kappa shape index (κ2) is 8.00. The van der Waals surface area contributed by atoms with E-state index in [-0.39, 0.29) is 29.4 Å². The molecule has 2 aliphatic rings. The van der Waals surface area contributed by atoms with E-state index in [1.54, 1.807) is 6.07 Å². The standard InChI is InChI=1S/C19H17F4N3O4S/c20-13-4-3-5-15(10-13)31(27,28)25-9-8-14(11-25)29-17-7-2-1-6-16(17)26-12-24-30-18(26)19(21,22)23/h1-7,10,12,14,18H,8-9,11H2. The zero-order chi connectivity index (χ0) is 22.2. The summed E-state index contributed by atoms with van der Waals surface area (Å²) < 4.78 is 85.6. The number of benzene rings is 2. The van der Waals surface area contributed by atoms with Gasteiger partial charge >= 0.3 is 12.4 Å². The van der Waals surface area contributed by atoms with E-state index in [1.807, 2.05) is 0 Å². The van der Waals surface area contributed by atoms with Gasteiger partial charge in [-0.25, -0.2) is 12.8 Å². The lowest BCUT2D eigenvalue weighted by Gasteiger charge is -2.26. The maximum Gasteiger partial charge on any atom is 0.448 e. The molecule has 2 aromatic rings. The molecule has 2 unspecified atom stereocenters. The Morgan fingerprint density at radius 1 is 1.13 bits per heavy atom. The summed E-state index contributed by atoms with van der Waals surface area (Å²) in [7, 11) is -3.93. The predicted molar refractivity (Wildman–Crippen MR) is 103 cm³/mol. The SMILES string of the molecule is O=S(=O)(c1cccc(F)c1)N1CCC(Oc2ccccc2N2C=NOC2C(F)(F)F)C1. The highest BCUT2D eigenvalue weighted by atomic mass is 32.2. The number of anilines is 1. The van der Waals surface area contributed by atoms with Crippen LogP contribution in [0.25, 0.3) is 0 Å². The molecule has 1 saturated heterocycles. The van der Waals surface area contributed by atoms with Gasteiger partial charge in [0.1, 0.15) is 24.0 Å². The Hall–Kier alpha value is -2.86. The van der Waals surface area contributed by atoms with Crippen LogP contribution in [0.3, 0.4) is 0 Å². The van der Waals surface area contributed by atoms with E-state index in [9.17, 15) is 26.0 Å². The summed E-state index contributed by atoms with van der Waals surface area (Å²) in [6, 6.07) is 10.7. The summed E-state index contributed by atoms with van der Waals surface area (Å²) in [5, 5.41) is 3.25. The summed E-state index contributed by atoms with van der Waals surface area (Å²) in [6.07, 6.45) is -6.35. The van der Waals surface area contributed by atoms with Crippen LogP contribution in [0.15, 0.2) is 58.6 Å². The molecule has 31 heavy (non-hydrogen) atoms. The average molecular weight is 459 g/mol. The Morgan fingerprint density at radius 2 is 1.90 bits per heavy atom. The van der Waals surface area contributed by atoms with E-state index in [0.29, 0.717) is 6.42 Å². The molecule has 2 aromatic carbocycles. The molecule has 1 fully saturated rings. The Bertz CT molecular complexity index is 1090. The van der Waals surface area contributed by atoms with Crippen molar-refractivity contribution < 1.29 is 35.6 Å². The smallest absolute Gasteiger partial charge is 0.448 e. The van der Waals surface area contributed by atoms with Gasteiger partial charge in [-0.05, 0) is 36.8 Å². The van der Waals surface area contributed by atoms with Gasteiger partial charge in [-0.15, -0.1) is 0 Å². The number of para-hydroxylation sites is 2. The van der Waals surface area contributed by atoms with Crippen LogP contribution in [-0.4, -0.2) is 50.7 Å². The summed E-state index contributed by atoms with van der Waals surface area (Å²) in [5.41, 5.74) is 0.0810. The molecule has 0 aliphatic carbocycles. The van der Waals surface area contributed by atoms with E-state index in [2.05, 4.69) is 9.99 Å². The van der Waals surface area contributed by atoms with Crippen LogP contribution < -0.4 is 9.64 Å². The molecule has 2 heterocycles. The van der Waals surface area contributed by atoms with Gasteiger partial charge in [0.2, 0.25) is 10.0 Å². The molecule has 0 amide bonds. The van der Waals surface area contributed by atoms with Crippen LogP contribution in [0.4, 0.5) is 23.2 Å². The van der Waals surface area contributed by atoms with Crippen LogP contribution in [0.1, 0.15) is 6.42 Å². The molecule has 0 bridgehead atoms. The van der Waals surface area contributed by atoms with Gasteiger partial charge in [-0.1, -0.05) is 23.4 Å². The van der Waals surface area contributed by atoms with Crippen LogP contribution in [0.2, 0.25) is 0 Å². The number of hydrogen-bond donors (Lipinski definition) is 0. The predicted octanol–water partition coefficient (Wildman–Crippen LogP) is 3.34. The molecule has 12 heteroatoms. The van der Waals surface area contributed by atoms with Gasteiger partial charge in [-0.3, -0.25) is 4.90 Å². The lowest BCUT2D eigenvalue weighted by Crippen LogP contribution is -2.43. The molecule has 0 saturated carbocycles. The normalized spacial score (nSPS) is 22.0. The lowest BCUT2D eigenvalue weighted by molar-refractivity contribution is -0.211. The molecule has 4 rings (SSSR count). The first-order valence-corrected chi connectivity index (χ1v) is 10.7. The molecule has 0 radical (unpaired) electrons. The first-order valence-electron chi connectivity index (χ1n) is 9.22. The fourth-order valence-corrected chi connectivity index (χ4v) is 4.91. The number of halogens is 4. The van der Waals surface area contributed by atoms with Crippen molar-refractivity contribution in [2.24, 2.45) is 5.16 Å². The molecule has 166 valence electrons. The number of oxime groups is 1. The summed E-state index contributed by atoms with van der Waals surface area (Å²) in [6.45, 7) is 0.103. The van der Waals surface area contributed by atoms with Gasteiger partial charge in [0.15, 0.2) is 0 Å². The van der Waals surface area contributed by atoms with Gasteiger partial charge in [0, 0.05) is 6.54 Å². The first kappa shape index (κ1) is 21.4. The molecule has 0 N–H and O–H groups in total. The first-order chi connectivity index (χ1) is 14.7. The minimum absolute atomic E-state index is 0.0273. The second-order valence-electron chi connectivity index (χ2n) is 6.94. The number of hydrogen-bond acceptors (Lipinski definition) is 6. The van der Waals surface area contributed by atoms with E-state index < -0.39 is 34.3 Å². The Balaban J connectivity index is 1.51. The Morgan fingerprint density at radius 3 is 2.65 bits per heavy atom. The summed E-state index contributed by atoms with van der Waals surface area (Å²) >= 11 is 0. The number of nitrogens with zero attached hydrogens (tertiary/aromatic N) is 3. The summed E-state index contributed by atoms with van der Waals surface area (Å²) in [4.78, 5) is 5.05. The topological polar surface area (TPSA) is 71.4 Å². The van der Waals surface area contributed by atoms with Crippen molar-refractivity contribution in [2.45, 2.75) is 29.8 Å². The molecular weight excluding hydrogens is 442 g/mol. The fraction of sp³-hybridized carbons (Fsp3) is 0.316. The highest BCUT2D eigenvalue weighted by molar-refractivity contribution is 7.89. The molecule has 0 spiro atoms. The largest absolute Gasteiger partial charge is 0.487 e. The van der Waals surface area contributed by atoms with Gasteiger partial charge in [0.25, 0.3) is 0 Å². The van der Waals surface area contributed by atoms with Gasteiger partial charge in [0.05, 0.1) is 17.1 Å². The minimum atomic E-state index is -4.69. The molecular formula is C19H17F4N3O4S. The van der Waals surface area contributed by atoms with E-state index >= 15 is 0 Å². The maximum absolute atomic E-state index is 13.4. The number of alkyl halides is 3. The quantitative estimate of drug-likeness (QED) is 0.642. The van der Waals surface area contributed by atoms with Crippen LogP contribution >= 0.6 is 0 Å². The van der Waals surface area contributed by atoms with Crippen molar-refractivity contribution in [1.82, 2.24) is 4.31 Å². The van der Waals surface area contributed by atoms with Crippen molar-refractivity contribution in [3.63, 3.8) is 0 Å². The lowest BCUT2D eigenvalue weighted by atomic mass is 10.2. The van der Waals surface area contributed by atoms with E-state index in [1.165, 1.54) is 30.3 Å². The second-order valence-corrected chi connectivity index (χ2v) is 8.88. The van der Waals surface area contributed by atoms with Crippen LogP contribution in [0.5, 0.6) is 5.75 Å². The minimum Gasteiger partial charge on any atom is -0.487 e. The van der Waals surface area contributed by atoms with Crippen molar-refractivity contribution in [2.75, 3.05) is 18.0 Å². The number of rotatable bonds is 5. The molecule has 0 aromatic heterocycles. The van der Waals surface area contributed by atoms with Crippen molar-refractivity contribution in [3.8, 4) is 5.75 Å². The molecule has 7 nitrogen and oxygen atoms in total. The van der Waals surface area contributed by atoms with Crippen LogP contribution in [0, 0.1) is 5.82 Å². The average Bonchev–Trinajstić information content (AvgIpc) is 3.38. The van der Waals surface area contributed by atoms with Gasteiger partial charge < -0.3 is 9.57 Å². The maximum atomic E-state index is 13.4. The van der Waals surface area contributed by atoms with Gasteiger partial charge in [-0.2, -0.15) is 17.5 Å². The van der Waals surface area contributed by atoms with Crippen molar-refractivity contribution in [3.05, 3.63) is 54.3 Å². The molecule has 2 atom stereocenters. The highest BCUT2D eigenvalue weighted by Crippen LogP contribution is 2.37. The number of ether oxygens (including phenoxy) is 1. The third-order valence-corrected chi connectivity index (χ3v) is 6.70. The zero-order valence-electron chi connectivity index (χ0n) is 15.9. The third kappa shape index (κ3) is 4.30. The van der Waals surface area contributed by atoms with Crippen molar-refractivity contribution in [1.29, 1.82) is 0 Å². The highest BCUT2D eigenvalue weighted by Gasteiger charge is 2.49. The molecule has 2 aliphatic heterocycles. The van der Waals surface area contributed by atoms with E-state index in [0.717, 1.165) is 27.7 Å². The summed E-state index contributed by atoms with van der Waals surface area (Å²) in [5.74, 6) is -0.542. The van der Waals surface area contributed by atoms with E-state index in [4.69, 9.17) is 4.74 Å². The number of sulfonamides is 1. The van der Waals surface area contributed by atoms with Crippen LogP contribution in [-0.2, 0) is 14.9 Å². The monoisotopic (exact) mass is 459 g/mol. The zero-order valence-corrected chi connectivity index (χ0v) is 16.7.